The smallest absolute Gasteiger partial charge is 0.193 e. The molecule has 0 radical (unpaired) electrons. The van der Waals surface area contributed by atoms with Gasteiger partial charge in [0.25, 0.3) is 0 Å². The van der Waals surface area contributed by atoms with Crippen LogP contribution in [-0.4, -0.2) is 33.2 Å². The van der Waals surface area contributed by atoms with E-state index in [4.69, 9.17) is 0 Å². The molecular weight excluding hydrogens is 465 g/mol. The van der Waals surface area contributed by atoms with Crippen LogP contribution in [-0.2, 0) is 13.0 Å². The minimum absolute atomic E-state index is 0.0832. The number of piperidine rings is 1. The Labute approximate surface area is 216 Å². The highest BCUT2D eigenvalue weighted by atomic mass is 19.1. The Morgan fingerprint density at radius 1 is 1.11 bits per heavy atom. The molecule has 1 N–H and O–H groups in total. The van der Waals surface area contributed by atoms with E-state index >= 15 is 0 Å². The Hall–Kier alpha value is -3.58. The van der Waals surface area contributed by atoms with Crippen molar-refractivity contribution in [3.8, 4) is 0 Å². The van der Waals surface area contributed by atoms with Gasteiger partial charge in [0.1, 0.15) is 5.82 Å². The topological polar surface area (TPSA) is 63.1 Å². The third-order valence-corrected chi connectivity index (χ3v) is 7.73. The number of anilines is 1. The molecule has 4 heterocycles. The minimum atomic E-state index is -0.371. The van der Waals surface area contributed by atoms with Gasteiger partial charge in [0.2, 0.25) is 0 Å². The van der Waals surface area contributed by atoms with Gasteiger partial charge in [-0.15, -0.1) is 0 Å². The number of rotatable bonds is 7. The Morgan fingerprint density at radius 2 is 2.00 bits per heavy atom. The van der Waals surface area contributed by atoms with Crippen molar-refractivity contribution < 1.29 is 4.39 Å². The molecule has 3 aromatic heterocycles. The quantitative estimate of drug-likeness (QED) is 0.392. The van der Waals surface area contributed by atoms with Crippen LogP contribution in [0.5, 0.6) is 0 Å². The highest BCUT2D eigenvalue weighted by molar-refractivity contribution is 5.80. The number of benzene rings is 1. The molecular formula is C30H32FN5O. The molecule has 1 aromatic carbocycles. The van der Waals surface area contributed by atoms with Crippen LogP contribution in [0.25, 0.3) is 10.9 Å². The molecule has 0 bridgehead atoms. The summed E-state index contributed by atoms with van der Waals surface area (Å²) in [7, 11) is 0. The van der Waals surface area contributed by atoms with Crippen LogP contribution in [0, 0.1) is 12.7 Å². The van der Waals surface area contributed by atoms with Crippen molar-refractivity contribution in [3.63, 3.8) is 0 Å². The normalized spacial score (nSPS) is 19.9. The minimum Gasteiger partial charge on any atom is -0.365 e. The molecule has 7 heteroatoms. The zero-order valence-electron chi connectivity index (χ0n) is 21.1. The molecule has 4 aromatic rings. The lowest BCUT2D eigenvalue weighted by atomic mass is 9.90. The summed E-state index contributed by atoms with van der Waals surface area (Å²) in [5, 5.41) is 4.21. The van der Waals surface area contributed by atoms with Gasteiger partial charge in [0, 0.05) is 66.4 Å². The number of halogens is 1. The maximum Gasteiger partial charge on any atom is 0.193 e. The molecule has 1 unspecified atom stereocenters. The number of fused-ring (bicyclic) bond motifs is 1. The molecule has 6 rings (SSSR count). The average molecular weight is 498 g/mol. The molecule has 0 amide bonds. The average Bonchev–Trinajstić information content (AvgIpc) is 3.75. The lowest BCUT2D eigenvalue weighted by Crippen LogP contribution is -2.55. The molecule has 0 spiro atoms. The first kappa shape index (κ1) is 23.8. The Balaban J connectivity index is 1.31. The maximum absolute atomic E-state index is 14.1. The van der Waals surface area contributed by atoms with Crippen molar-refractivity contribution in [3.05, 3.63) is 100 Å². The van der Waals surface area contributed by atoms with Crippen molar-refractivity contribution in [1.29, 1.82) is 0 Å². The van der Waals surface area contributed by atoms with Gasteiger partial charge in [-0.2, -0.15) is 0 Å². The molecule has 1 aliphatic carbocycles. The standard InChI is InChI=1S/C30H32FN5O/c1-20-14-21(10-12-33-20)15-29-27(5-3-13-35(29)25-4-2-11-32-18-25)34-17-22-19-36(24-7-8-24)28-9-6-23(31)16-26(28)30(22)37/h2,4,6,9-12,14,16,18-19,24,27,29,34H,3,5,7-8,13,15,17H2,1H3/t27-,29?/m0/s1. The molecule has 1 saturated heterocycles. The van der Waals surface area contributed by atoms with E-state index in [0.717, 1.165) is 55.5 Å². The third kappa shape index (κ3) is 5.01. The number of hydrogen-bond donors (Lipinski definition) is 1. The number of nitrogens with zero attached hydrogens (tertiary/aromatic N) is 4. The first-order valence-corrected chi connectivity index (χ1v) is 13.2. The van der Waals surface area contributed by atoms with E-state index in [9.17, 15) is 9.18 Å². The van der Waals surface area contributed by atoms with E-state index in [1.165, 1.54) is 17.7 Å². The van der Waals surface area contributed by atoms with Crippen molar-refractivity contribution in [2.24, 2.45) is 0 Å². The molecule has 190 valence electrons. The summed E-state index contributed by atoms with van der Waals surface area (Å²) < 4.78 is 16.3. The van der Waals surface area contributed by atoms with Crippen LogP contribution in [0.3, 0.4) is 0 Å². The summed E-state index contributed by atoms with van der Waals surface area (Å²) in [6, 6.07) is 13.7. The van der Waals surface area contributed by atoms with E-state index in [-0.39, 0.29) is 23.3 Å². The van der Waals surface area contributed by atoms with Crippen LogP contribution in [0.2, 0.25) is 0 Å². The number of pyridine rings is 3. The third-order valence-electron chi connectivity index (χ3n) is 7.73. The summed E-state index contributed by atoms with van der Waals surface area (Å²) in [4.78, 5) is 24.6. The van der Waals surface area contributed by atoms with Gasteiger partial charge in [-0.25, -0.2) is 4.39 Å². The molecule has 2 atom stereocenters. The molecule has 6 nitrogen and oxygen atoms in total. The lowest BCUT2D eigenvalue weighted by molar-refractivity contribution is 0.336. The van der Waals surface area contributed by atoms with Gasteiger partial charge in [-0.05, 0) is 87.1 Å². The molecule has 2 fully saturated rings. The van der Waals surface area contributed by atoms with Gasteiger partial charge in [-0.1, -0.05) is 0 Å². The number of aryl methyl sites for hydroxylation is 1. The van der Waals surface area contributed by atoms with Crippen LogP contribution < -0.4 is 15.6 Å². The Morgan fingerprint density at radius 3 is 2.78 bits per heavy atom. The van der Waals surface area contributed by atoms with Gasteiger partial charge in [0.15, 0.2) is 5.43 Å². The van der Waals surface area contributed by atoms with E-state index in [2.05, 4.69) is 43.0 Å². The summed E-state index contributed by atoms with van der Waals surface area (Å²) in [6.45, 7) is 3.43. The van der Waals surface area contributed by atoms with Crippen LogP contribution in [0.4, 0.5) is 10.1 Å². The first-order valence-electron chi connectivity index (χ1n) is 13.2. The van der Waals surface area contributed by atoms with E-state index < -0.39 is 0 Å². The summed E-state index contributed by atoms with van der Waals surface area (Å²) >= 11 is 0. The molecule has 1 saturated carbocycles. The van der Waals surface area contributed by atoms with Gasteiger partial charge < -0.3 is 14.8 Å². The maximum atomic E-state index is 14.1. The zero-order chi connectivity index (χ0) is 25.4. The fourth-order valence-corrected chi connectivity index (χ4v) is 5.77. The first-order chi connectivity index (χ1) is 18.1. The van der Waals surface area contributed by atoms with Crippen LogP contribution >= 0.6 is 0 Å². The number of aromatic nitrogens is 3. The van der Waals surface area contributed by atoms with Crippen molar-refractivity contribution in [2.45, 2.75) is 63.7 Å². The van der Waals surface area contributed by atoms with Crippen LogP contribution in [0.15, 0.2) is 72.0 Å². The van der Waals surface area contributed by atoms with E-state index in [0.29, 0.717) is 23.5 Å². The molecule has 1 aliphatic heterocycles. The molecule has 2 aliphatic rings. The summed E-state index contributed by atoms with van der Waals surface area (Å²) in [6.07, 6.45) is 12.7. The summed E-state index contributed by atoms with van der Waals surface area (Å²) in [5.41, 5.74) is 4.81. The van der Waals surface area contributed by atoms with Crippen molar-refractivity contribution in [2.75, 3.05) is 11.4 Å². The largest absolute Gasteiger partial charge is 0.365 e. The predicted octanol–water partition coefficient (Wildman–Crippen LogP) is 4.94. The van der Waals surface area contributed by atoms with Gasteiger partial charge >= 0.3 is 0 Å². The van der Waals surface area contributed by atoms with E-state index in [1.807, 2.05) is 31.6 Å². The second-order valence-corrected chi connectivity index (χ2v) is 10.4. The highest BCUT2D eigenvalue weighted by Crippen LogP contribution is 2.37. The predicted molar refractivity (Wildman–Crippen MR) is 144 cm³/mol. The van der Waals surface area contributed by atoms with E-state index in [1.54, 1.807) is 12.3 Å². The fourth-order valence-electron chi connectivity index (χ4n) is 5.77. The fraction of sp³-hybridized carbons (Fsp3) is 0.367. The van der Waals surface area contributed by atoms with Crippen molar-refractivity contribution in [1.82, 2.24) is 19.9 Å². The Kier molecular flexibility index (Phi) is 6.47. The summed E-state index contributed by atoms with van der Waals surface area (Å²) in [5.74, 6) is -0.371. The molecule has 37 heavy (non-hydrogen) atoms. The Bertz CT molecular complexity index is 1470. The monoisotopic (exact) mass is 497 g/mol. The second-order valence-electron chi connectivity index (χ2n) is 10.4. The zero-order valence-corrected chi connectivity index (χ0v) is 21.1. The van der Waals surface area contributed by atoms with Crippen molar-refractivity contribution >= 4 is 16.6 Å². The van der Waals surface area contributed by atoms with Gasteiger partial charge in [0.05, 0.1) is 17.4 Å². The highest BCUT2D eigenvalue weighted by Gasteiger charge is 2.32. The lowest BCUT2D eigenvalue weighted by Gasteiger charge is -2.43. The SMILES string of the molecule is Cc1cc(CC2[C@@H](NCc3cn(C4CC4)c4ccc(F)cc4c3=O)CCCN2c2cccnc2)ccn1. The second kappa shape index (κ2) is 10.1. The number of nitrogens with one attached hydrogen (secondary N) is 1. The number of hydrogen-bond acceptors (Lipinski definition) is 5. The van der Waals surface area contributed by atoms with Crippen LogP contribution in [0.1, 0.15) is 48.5 Å². The van der Waals surface area contributed by atoms with Gasteiger partial charge in [-0.3, -0.25) is 14.8 Å².